The van der Waals surface area contributed by atoms with E-state index in [0.29, 0.717) is 5.56 Å². The molecule has 24 heavy (non-hydrogen) atoms. The van der Waals surface area contributed by atoms with Gasteiger partial charge in [0.2, 0.25) is 5.91 Å². The summed E-state index contributed by atoms with van der Waals surface area (Å²) in [4.78, 5) is 23.9. The van der Waals surface area contributed by atoms with E-state index < -0.39 is 0 Å². The summed E-state index contributed by atoms with van der Waals surface area (Å²) in [6, 6.07) is 17.4. The van der Waals surface area contributed by atoms with Crippen molar-refractivity contribution in [1.82, 2.24) is 9.88 Å². The Morgan fingerprint density at radius 3 is 2.50 bits per heavy atom. The fourth-order valence-electron chi connectivity index (χ4n) is 3.07. The third-order valence-electron chi connectivity index (χ3n) is 4.38. The number of hydrogen-bond acceptors (Lipinski definition) is 2. The Balaban J connectivity index is 1.84. The molecule has 0 bridgehead atoms. The minimum absolute atomic E-state index is 0.0635. The first-order valence-electron chi connectivity index (χ1n) is 7.99. The first-order chi connectivity index (χ1) is 11.6. The van der Waals surface area contributed by atoms with Crippen molar-refractivity contribution in [2.45, 2.75) is 26.4 Å². The topological polar surface area (TPSA) is 51.1 Å². The van der Waals surface area contributed by atoms with Gasteiger partial charge in [-0.3, -0.25) is 9.59 Å². The van der Waals surface area contributed by atoms with E-state index in [1.54, 1.807) is 0 Å². The molecule has 1 amide bonds. The predicted octanol–water partition coefficient (Wildman–Crippen LogP) is 3.64. The fourth-order valence-corrected chi connectivity index (χ4v) is 3.07. The van der Waals surface area contributed by atoms with E-state index in [2.05, 4.69) is 5.32 Å². The SMILES string of the molecule is Cc1c(C=O)c2ccccc2n1CC(=O)N[C@@H](C)c1ccccc1. The fraction of sp³-hybridized carbons (Fsp3) is 0.200. The molecule has 1 heterocycles. The van der Waals surface area contributed by atoms with Gasteiger partial charge < -0.3 is 9.88 Å². The largest absolute Gasteiger partial charge is 0.348 e. The summed E-state index contributed by atoms with van der Waals surface area (Å²) < 4.78 is 1.89. The maximum Gasteiger partial charge on any atom is 0.240 e. The van der Waals surface area contributed by atoms with Crippen LogP contribution >= 0.6 is 0 Å². The van der Waals surface area contributed by atoms with Gasteiger partial charge in [0, 0.05) is 22.2 Å². The van der Waals surface area contributed by atoms with E-state index in [4.69, 9.17) is 0 Å². The van der Waals surface area contributed by atoms with Crippen LogP contribution in [0, 0.1) is 6.92 Å². The highest BCUT2D eigenvalue weighted by Crippen LogP contribution is 2.24. The Morgan fingerprint density at radius 2 is 1.79 bits per heavy atom. The standard InChI is InChI=1S/C20H20N2O2/c1-14(16-8-4-3-5-9-16)21-20(24)12-22-15(2)18(13-23)17-10-6-7-11-19(17)22/h3-11,13-14H,12H2,1-2H3,(H,21,24)/t14-/m0/s1. The molecule has 0 saturated heterocycles. The Kier molecular flexibility index (Phi) is 4.47. The highest BCUT2D eigenvalue weighted by Gasteiger charge is 2.16. The zero-order valence-electron chi connectivity index (χ0n) is 13.8. The Bertz CT molecular complexity index is 881. The molecule has 0 unspecified atom stereocenters. The number of nitrogens with one attached hydrogen (secondary N) is 1. The molecule has 4 heteroatoms. The Hall–Kier alpha value is -2.88. The Labute approximate surface area is 141 Å². The van der Waals surface area contributed by atoms with Crippen LogP contribution in [0.25, 0.3) is 10.9 Å². The van der Waals surface area contributed by atoms with E-state index in [-0.39, 0.29) is 18.5 Å². The molecule has 0 spiro atoms. The van der Waals surface area contributed by atoms with Gasteiger partial charge in [-0.2, -0.15) is 0 Å². The van der Waals surface area contributed by atoms with Crippen molar-refractivity contribution in [1.29, 1.82) is 0 Å². The second-order valence-corrected chi connectivity index (χ2v) is 5.92. The van der Waals surface area contributed by atoms with Crippen LogP contribution in [-0.2, 0) is 11.3 Å². The van der Waals surface area contributed by atoms with E-state index in [1.165, 1.54) is 0 Å². The predicted molar refractivity (Wildman–Crippen MR) is 95.1 cm³/mol. The van der Waals surface area contributed by atoms with Gasteiger partial charge >= 0.3 is 0 Å². The second kappa shape index (κ2) is 6.71. The first-order valence-corrected chi connectivity index (χ1v) is 7.99. The minimum Gasteiger partial charge on any atom is -0.348 e. The number of nitrogens with zero attached hydrogens (tertiary/aromatic N) is 1. The zero-order valence-corrected chi connectivity index (χ0v) is 13.8. The molecule has 0 radical (unpaired) electrons. The van der Waals surface area contributed by atoms with Crippen LogP contribution in [0.3, 0.4) is 0 Å². The molecule has 0 saturated carbocycles. The van der Waals surface area contributed by atoms with Crippen LogP contribution in [0.1, 0.15) is 34.6 Å². The minimum atomic E-state index is -0.0762. The summed E-state index contributed by atoms with van der Waals surface area (Å²) >= 11 is 0. The summed E-state index contributed by atoms with van der Waals surface area (Å²) in [5, 5.41) is 3.90. The molecular formula is C20H20N2O2. The highest BCUT2D eigenvalue weighted by molar-refractivity contribution is 5.99. The zero-order chi connectivity index (χ0) is 17.1. The number of hydrogen-bond donors (Lipinski definition) is 1. The van der Waals surface area contributed by atoms with Gasteiger partial charge in [-0.15, -0.1) is 0 Å². The third kappa shape index (κ3) is 2.95. The maximum atomic E-state index is 12.5. The number of carbonyl (C=O) groups is 2. The summed E-state index contributed by atoms with van der Waals surface area (Å²) in [5.41, 5.74) is 3.43. The first kappa shape index (κ1) is 16.0. The average molecular weight is 320 g/mol. The number of fused-ring (bicyclic) bond motifs is 1. The van der Waals surface area contributed by atoms with Gasteiger partial charge in [0.15, 0.2) is 6.29 Å². The maximum absolute atomic E-state index is 12.5. The average Bonchev–Trinajstić information content (AvgIpc) is 2.87. The number of rotatable bonds is 5. The molecule has 0 aliphatic rings. The van der Waals surface area contributed by atoms with Crippen LogP contribution in [-0.4, -0.2) is 16.8 Å². The molecule has 4 nitrogen and oxygen atoms in total. The molecule has 1 aromatic heterocycles. The number of carbonyl (C=O) groups excluding carboxylic acids is 2. The van der Waals surface area contributed by atoms with Crippen molar-refractivity contribution in [3.63, 3.8) is 0 Å². The molecule has 1 N–H and O–H groups in total. The van der Waals surface area contributed by atoms with E-state index in [1.807, 2.05) is 73.0 Å². The normalized spacial score (nSPS) is 12.1. The molecule has 0 fully saturated rings. The van der Waals surface area contributed by atoms with Crippen molar-refractivity contribution in [2.75, 3.05) is 0 Å². The van der Waals surface area contributed by atoms with Gasteiger partial charge in [-0.25, -0.2) is 0 Å². The van der Waals surface area contributed by atoms with Crippen LogP contribution in [0.4, 0.5) is 0 Å². The van der Waals surface area contributed by atoms with Gasteiger partial charge in [0.1, 0.15) is 6.54 Å². The van der Waals surface area contributed by atoms with Crippen LogP contribution in [0.5, 0.6) is 0 Å². The number of para-hydroxylation sites is 1. The molecule has 1 atom stereocenters. The number of amides is 1. The van der Waals surface area contributed by atoms with Crippen molar-refractivity contribution in [3.05, 3.63) is 71.4 Å². The molecule has 0 aliphatic carbocycles. The quantitative estimate of drug-likeness (QED) is 0.730. The molecule has 122 valence electrons. The van der Waals surface area contributed by atoms with E-state index >= 15 is 0 Å². The summed E-state index contributed by atoms with van der Waals surface area (Å²) in [7, 11) is 0. The van der Waals surface area contributed by atoms with Crippen molar-refractivity contribution >= 4 is 23.1 Å². The van der Waals surface area contributed by atoms with Gasteiger partial charge in [0.25, 0.3) is 0 Å². The second-order valence-electron chi connectivity index (χ2n) is 5.92. The highest BCUT2D eigenvalue weighted by atomic mass is 16.2. The van der Waals surface area contributed by atoms with Gasteiger partial charge in [-0.1, -0.05) is 48.5 Å². The molecular weight excluding hydrogens is 300 g/mol. The van der Waals surface area contributed by atoms with Gasteiger partial charge in [0.05, 0.1) is 6.04 Å². The van der Waals surface area contributed by atoms with Crippen LogP contribution < -0.4 is 5.32 Å². The van der Waals surface area contributed by atoms with E-state index in [9.17, 15) is 9.59 Å². The van der Waals surface area contributed by atoms with Crippen molar-refractivity contribution in [3.8, 4) is 0 Å². The van der Waals surface area contributed by atoms with Crippen molar-refractivity contribution < 1.29 is 9.59 Å². The summed E-state index contributed by atoms with van der Waals surface area (Å²) in [6.45, 7) is 4.03. The number of benzene rings is 2. The summed E-state index contributed by atoms with van der Waals surface area (Å²) in [5.74, 6) is -0.0762. The molecule has 0 aliphatic heterocycles. The smallest absolute Gasteiger partial charge is 0.240 e. The molecule has 3 rings (SSSR count). The van der Waals surface area contributed by atoms with Gasteiger partial charge in [-0.05, 0) is 25.5 Å². The lowest BCUT2D eigenvalue weighted by molar-refractivity contribution is -0.122. The lowest BCUT2D eigenvalue weighted by atomic mass is 10.1. The Morgan fingerprint density at radius 1 is 1.12 bits per heavy atom. The third-order valence-corrected chi connectivity index (χ3v) is 4.38. The van der Waals surface area contributed by atoms with Crippen LogP contribution in [0.15, 0.2) is 54.6 Å². The lowest BCUT2D eigenvalue weighted by Gasteiger charge is -2.15. The van der Waals surface area contributed by atoms with Crippen LogP contribution in [0.2, 0.25) is 0 Å². The molecule has 2 aromatic carbocycles. The molecule has 3 aromatic rings. The lowest BCUT2D eigenvalue weighted by Crippen LogP contribution is -2.30. The number of aldehydes is 1. The monoisotopic (exact) mass is 320 g/mol. The van der Waals surface area contributed by atoms with Crippen molar-refractivity contribution in [2.24, 2.45) is 0 Å². The van der Waals surface area contributed by atoms with E-state index in [0.717, 1.165) is 28.4 Å². The number of aromatic nitrogens is 1. The summed E-state index contributed by atoms with van der Waals surface area (Å²) in [6.07, 6.45) is 0.860.